The molecule has 0 aliphatic rings. The Morgan fingerprint density at radius 1 is 1.27 bits per heavy atom. The standard InChI is InChI=1S/C20H19N5O5/c1-3-30-18-8-7-14(10-19(18)29-2)16-11-17(23-22-16)20(26)24-21-12-13-5-4-6-15(9-13)25(27)28/h4-12H,3H2,1-2H3,(H,22,23)(H,24,26). The molecule has 0 atom stereocenters. The van der Waals surface area contributed by atoms with Crippen LogP contribution in [0.5, 0.6) is 11.5 Å². The molecule has 10 heteroatoms. The van der Waals surface area contributed by atoms with E-state index in [1.807, 2.05) is 13.0 Å². The first-order valence-electron chi connectivity index (χ1n) is 8.96. The number of hydrogen-bond donors (Lipinski definition) is 2. The zero-order valence-corrected chi connectivity index (χ0v) is 16.3. The summed E-state index contributed by atoms with van der Waals surface area (Å²) < 4.78 is 10.8. The molecular weight excluding hydrogens is 390 g/mol. The zero-order chi connectivity index (χ0) is 21.5. The van der Waals surface area contributed by atoms with Crippen molar-refractivity contribution in [3.8, 4) is 22.8 Å². The van der Waals surface area contributed by atoms with Crippen LogP contribution < -0.4 is 14.9 Å². The number of hydrogen-bond acceptors (Lipinski definition) is 7. The van der Waals surface area contributed by atoms with Crippen LogP contribution in [0.15, 0.2) is 53.6 Å². The second-order valence-corrected chi connectivity index (χ2v) is 6.02. The molecule has 0 fully saturated rings. The Kier molecular flexibility index (Phi) is 6.38. The predicted octanol–water partition coefficient (Wildman–Crippen LogP) is 3.16. The molecule has 0 aliphatic heterocycles. The predicted molar refractivity (Wildman–Crippen MR) is 110 cm³/mol. The van der Waals surface area contributed by atoms with Gasteiger partial charge in [-0.25, -0.2) is 5.43 Å². The highest BCUT2D eigenvalue weighted by atomic mass is 16.6. The van der Waals surface area contributed by atoms with Gasteiger partial charge in [0.1, 0.15) is 5.69 Å². The molecule has 0 radical (unpaired) electrons. The van der Waals surface area contributed by atoms with Gasteiger partial charge in [0.05, 0.1) is 30.5 Å². The van der Waals surface area contributed by atoms with Gasteiger partial charge in [-0.2, -0.15) is 10.2 Å². The van der Waals surface area contributed by atoms with Gasteiger partial charge in [0.25, 0.3) is 11.6 Å². The number of carbonyl (C=O) groups is 1. The molecule has 30 heavy (non-hydrogen) atoms. The molecule has 0 saturated heterocycles. The Labute approximate surface area is 171 Å². The van der Waals surface area contributed by atoms with Crippen LogP contribution in [-0.4, -0.2) is 41.0 Å². The Morgan fingerprint density at radius 3 is 2.83 bits per heavy atom. The fourth-order valence-electron chi connectivity index (χ4n) is 2.63. The van der Waals surface area contributed by atoms with E-state index in [-0.39, 0.29) is 11.4 Å². The van der Waals surface area contributed by atoms with Crippen molar-refractivity contribution < 1.29 is 19.2 Å². The van der Waals surface area contributed by atoms with Crippen molar-refractivity contribution in [1.82, 2.24) is 15.6 Å². The summed E-state index contributed by atoms with van der Waals surface area (Å²) >= 11 is 0. The molecule has 0 aliphatic carbocycles. The maximum atomic E-state index is 12.3. The number of methoxy groups -OCH3 is 1. The van der Waals surface area contributed by atoms with Gasteiger partial charge in [0.2, 0.25) is 0 Å². The number of nitrogens with zero attached hydrogens (tertiary/aromatic N) is 3. The van der Waals surface area contributed by atoms with Crippen molar-refractivity contribution in [3.63, 3.8) is 0 Å². The van der Waals surface area contributed by atoms with Gasteiger partial charge in [0.15, 0.2) is 11.5 Å². The van der Waals surface area contributed by atoms with Crippen molar-refractivity contribution >= 4 is 17.8 Å². The fourth-order valence-corrected chi connectivity index (χ4v) is 2.63. The molecule has 10 nitrogen and oxygen atoms in total. The lowest BCUT2D eigenvalue weighted by molar-refractivity contribution is -0.384. The number of nitro benzene ring substituents is 1. The number of carbonyl (C=O) groups excluding carboxylic acids is 1. The minimum atomic E-state index is -0.506. The molecule has 154 valence electrons. The quantitative estimate of drug-likeness (QED) is 0.334. The van der Waals surface area contributed by atoms with Crippen molar-refractivity contribution in [3.05, 3.63) is 69.9 Å². The first-order valence-corrected chi connectivity index (χ1v) is 8.96. The molecule has 2 aromatic carbocycles. The van der Waals surface area contributed by atoms with Crippen molar-refractivity contribution in [2.45, 2.75) is 6.92 Å². The maximum absolute atomic E-state index is 12.3. The van der Waals surface area contributed by atoms with Crippen molar-refractivity contribution in [1.29, 1.82) is 0 Å². The van der Waals surface area contributed by atoms with Crippen LogP contribution in [0.1, 0.15) is 23.0 Å². The molecular formula is C20H19N5O5. The number of aromatic nitrogens is 2. The number of amides is 1. The maximum Gasteiger partial charge on any atom is 0.289 e. The summed E-state index contributed by atoms with van der Waals surface area (Å²) in [5.74, 6) is 0.672. The highest BCUT2D eigenvalue weighted by molar-refractivity contribution is 5.94. The van der Waals surface area contributed by atoms with E-state index < -0.39 is 10.8 Å². The number of nitro groups is 1. The number of non-ortho nitro benzene ring substituents is 1. The Morgan fingerprint density at radius 2 is 2.10 bits per heavy atom. The highest BCUT2D eigenvalue weighted by Crippen LogP contribution is 2.32. The Balaban J connectivity index is 1.69. The van der Waals surface area contributed by atoms with Gasteiger partial charge in [-0.05, 0) is 31.2 Å². The van der Waals surface area contributed by atoms with Crippen LogP contribution in [0.2, 0.25) is 0 Å². The van der Waals surface area contributed by atoms with E-state index in [0.29, 0.717) is 29.4 Å². The molecule has 1 amide bonds. The third-order valence-corrected chi connectivity index (χ3v) is 4.04. The monoisotopic (exact) mass is 409 g/mol. The summed E-state index contributed by atoms with van der Waals surface area (Å²) in [6.07, 6.45) is 1.32. The molecule has 0 unspecified atom stereocenters. The molecule has 0 saturated carbocycles. The summed E-state index contributed by atoms with van der Waals surface area (Å²) in [6, 6.07) is 12.8. The highest BCUT2D eigenvalue weighted by Gasteiger charge is 2.13. The smallest absolute Gasteiger partial charge is 0.289 e. The van der Waals surface area contributed by atoms with Gasteiger partial charge in [0, 0.05) is 23.3 Å². The van der Waals surface area contributed by atoms with Crippen LogP contribution in [0.25, 0.3) is 11.3 Å². The molecule has 2 N–H and O–H groups in total. The van der Waals surface area contributed by atoms with Crippen molar-refractivity contribution in [2.24, 2.45) is 5.10 Å². The van der Waals surface area contributed by atoms with Gasteiger partial charge in [-0.1, -0.05) is 12.1 Å². The van der Waals surface area contributed by atoms with Crippen LogP contribution in [0, 0.1) is 10.1 Å². The zero-order valence-electron chi connectivity index (χ0n) is 16.3. The number of benzene rings is 2. The number of rotatable bonds is 8. The number of aromatic amines is 1. The molecule has 3 aromatic rings. The molecule has 0 bridgehead atoms. The summed E-state index contributed by atoms with van der Waals surface area (Å²) in [5, 5.41) is 21.4. The summed E-state index contributed by atoms with van der Waals surface area (Å²) in [6.45, 7) is 2.40. The molecule has 0 spiro atoms. The van der Waals surface area contributed by atoms with Crippen LogP contribution >= 0.6 is 0 Å². The summed E-state index contributed by atoms with van der Waals surface area (Å²) in [5.41, 5.74) is 4.27. The average Bonchev–Trinajstić information content (AvgIpc) is 3.25. The van der Waals surface area contributed by atoms with Gasteiger partial charge >= 0.3 is 0 Å². The van der Waals surface area contributed by atoms with Gasteiger partial charge in [-0.15, -0.1) is 0 Å². The lowest BCUT2D eigenvalue weighted by Gasteiger charge is -2.09. The lowest BCUT2D eigenvalue weighted by Crippen LogP contribution is -2.18. The first-order chi connectivity index (χ1) is 14.5. The van der Waals surface area contributed by atoms with Crippen LogP contribution in [0.4, 0.5) is 5.69 Å². The Bertz CT molecular complexity index is 1090. The third kappa shape index (κ3) is 4.79. The number of H-pyrrole nitrogens is 1. The molecule has 3 rings (SSSR count). The topological polar surface area (TPSA) is 132 Å². The second-order valence-electron chi connectivity index (χ2n) is 6.02. The van der Waals surface area contributed by atoms with E-state index in [1.165, 1.54) is 24.4 Å². The van der Waals surface area contributed by atoms with E-state index >= 15 is 0 Å². The largest absolute Gasteiger partial charge is 0.493 e. The minimum absolute atomic E-state index is 0.0609. The van der Waals surface area contributed by atoms with E-state index in [0.717, 1.165) is 5.56 Å². The SMILES string of the molecule is CCOc1ccc(-c2cc(C(=O)NN=Cc3cccc([N+](=O)[O-])c3)[nH]n2)cc1OC. The molecule has 1 heterocycles. The normalized spacial score (nSPS) is 10.7. The fraction of sp³-hybridized carbons (Fsp3) is 0.150. The van der Waals surface area contributed by atoms with E-state index in [9.17, 15) is 14.9 Å². The summed E-state index contributed by atoms with van der Waals surface area (Å²) in [4.78, 5) is 22.6. The lowest BCUT2D eigenvalue weighted by atomic mass is 10.1. The number of hydrazone groups is 1. The average molecular weight is 409 g/mol. The van der Waals surface area contributed by atoms with Crippen LogP contribution in [0.3, 0.4) is 0 Å². The number of ether oxygens (including phenoxy) is 2. The van der Waals surface area contributed by atoms with E-state index in [1.54, 1.807) is 31.4 Å². The van der Waals surface area contributed by atoms with Crippen LogP contribution in [-0.2, 0) is 0 Å². The molecule has 1 aromatic heterocycles. The minimum Gasteiger partial charge on any atom is -0.493 e. The van der Waals surface area contributed by atoms with Gasteiger partial charge in [-0.3, -0.25) is 20.0 Å². The summed E-state index contributed by atoms with van der Waals surface area (Å²) in [7, 11) is 1.55. The van der Waals surface area contributed by atoms with Gasteiger partial charge < -0.3 is 9.47 Å². The number of nitrogens with one attached hydrogen (secondary N) is 2. The second kappa shape index (κ2) is 9.32. The third-order valence-electron chi connectivity index (χ3n) is 4.04. The first kappa shape index (κ1) is 20.5. The Hall–Kier alpha value is -4.21. The van der Waals surface area contributed by atoms with E-state index in [4.69, 9.17) is 9.47 Å². The van der Waals surface area contributed by atoms with E-state index in [2.05, 4.69) is 20.7 Å². The van der Waals surface area contributed by atoms with Crippen molar-refractivity contribution in [2.75, 3.05) is 13.7 Å².